The number of nitrogens with one attached hydrogen (secondary N) is 1. The molecule has 0 saturated carbocycles. The van der Waals surface area contributed by atoms with Gasteiger partial charge in [0.05, 0.1) is 0 Å². The lowest BCUT2D eigenvalue weighted by molar-refractivity contribution is 0.112. The van der Waals surface area contributed by atoms with Crippen molar-refractivity contribution >= 4 is 10.0 Å². The molecule has 0 aromatic heterocycles. The SMILES string of the molecule is CCCCCCCCCCCCCCCCCCNS(=O)(=O)C(C)(F)F. The van der Waals surface area contributed by atoms with Crippen LogP contribution in [0.25, 0.3) is 0 Å². The second-order valence-electron chi connectivity index (χ2n) is 7.51. The molecule has 0 spiro atoms. The lowest BCUT2D eigenvalue weighted by atomic mass is 10.0. The minimum atomic E-state index is -4.50. The summed E-state index contributed by atoms with van der Waals surface area (Å²) in [6.45, 7) is 2.76. The second kappa shape index (κ2) is 15.8. The summed E-state index contributed by atoms with van der Waals surface area (Å²) in [6.07, 6.45) is 19.8. The topological polar surface area (TPSA) is 46.2 Å². The maximum absolute atomic E-state index is 12.8. The lowest BCUT2D eigenvalue weighted by Crippen LogP contribution is -2.37. The number of unbranched alkanes of at least 4 members (excludes halogenated alkanes) is 15. The van der Waals surface area contributed by atoms with Crippen LogP contribution >= 0.6 is 0 Å². The van der Waals surface area contributed by atoms with Crippen molar-refractivity contribution in [3.05, 3.63) is 0 Å². The molecule has 0 atom stereocenters. The third-order valence-electron chi connectivity index (χ3n) is 4.79. The van der Waals surface area contributed by atoms with Crippen LogP contribution in [0.15, 0.2) is 0 Å². The first kappa shape index (κ1) is 25.8. The number of hydrogen-bond acceptors (Lipinski definition) is 2. The summed E-state index contributed by atoms with van der Waals surface area (Å²) in [7, 11) is -4.50. The molecular formula is C20H41F2NO2S. The first-order valence-electron chi connectivity index (χ1n) is 10.7. The molecule has 3 nitrogen and oxygen atoms in total. The van der Waals surface area contributed by atoms with Crippen LogP contribution in [0.4, 0.5) is 8.78 Å². The standard InChI is InChI=1S/C20H41F2NO2S/c1-3-4-5-6-7-8-9-10-11-12-13-14-15-16-17-18-19-23-26(24,25)20(2,21)22/h23H,3-19H2,1-2H3. The Kier molecular flexibility index (Phi) is 15.7. The predicted molar refractivity (Wildman–Crippen MR) is 107 cm³/mol. The van der Waals surface area contributed by atoms with E-state index in [0.29, 0.717) is 13.3 Å². The van der Waals surface area contributed by atoms with Gasteiger partial charge in [-0.3, -0.25) is 0 Å². The fourth-order valence-electron chi connectivity index (χ4n) is 3.01. The molecule has 0 bridgehead atoms. The van der Waals surface area contributed by atoms with Crippen molar-refractivity contribution in [1.82, 2.24) is 4.72 Å². The van der Waals surface area contributed by atoms with Crippen LogP contribution < -0.4 is 4.72 Å². The molecule has 158 valence electrons. The van der Waals surface area contributed by atoms with Crippen molar-refractivity contribution in [3.8, 4) is 0 Å². The predicted octanol–water partition coefficient (Wildman–Crippen LogP) is 6.78. The summed E-state index contributed by atoms with van der Waals surface area (Å²) in [5.74, 6) is 0. The van der Waals surface area contributed by atoms with Crippen LogP contribution in [0.3, 0.4) is 0 Å². The summed E-state index contributed by atoms with van der Waals surface area (Å²) in [5.41, 5.74) is 0. The maximum Gasteiger partial charge on any atom is 0.356 e. The van der Waals surface area contributed by atoms with Gasteiger partial charge in [-0.15, -0.1) is 0 Å². The van der Waals surface area contributed by atoms with Gasteiger partial charge in [0.25, 0.3) is 10.0 Å². The van der Waals surface area contributed by atoms with Crippen molar-refractivity contribution in [2.45, 2.75) is 122 Å². The molecule has 0 aliphatic heterocycles. The Balaban J connectivity index is 3.23. The molecule has 0 aliphatic rings. The summed E-state index contributed by atoms with van der Waals surface area (Å²) in [6, 6.07) is 0. The molecule has 0 radical (unpaired) electrons. The molecule has 0 unspecified atom stereocenters. The lowest BCUT2D eigenvalue weighted by Gasteiger charge is -2.12. The van der Waals surface area contributed by atoms with Gasteiger partial charge in [0.15, 0.2) is 0 Å². The molecule has 0 aromatic rings. The minimum absolute atomic E-state index is 0.101. The van der Waals surface area contributed by atoms with Gasteiger partial charge in [0.1, 0.15) is 0 Å². The smallest absolute Gasteiger partial charge is 0.210 e. The quantitative estimate of drug-likeness (QED) is 0.244. The van der Waals surface area contributed by atoms with E-state index in [1.54, 1.807) is 0 Å². The van der Waals surface area contributed by atoms with Crippen LogP contribution in [0.1, 0.15) is 117 Å². The van der Waals surface area contributed by atoms with Crippen molar-refractivity contribution < 1.29 is 17.2 Å². The largest absolute Gasteiger partial charge is 0.356 e. The fraction of sp³-hybridized carbons (Fsp3) is 1.00. The number of alkyl halides is 2. The number of halogens is 2. The number of sulfonamides is 1. The maximum atomic E-state index is 12.8. The second-order valence-corrected chi connectivity index (χ2v) is 9.52. The van der Waals surface area contributed by atoms with Crippen molar-refractivity contribution in [3.63, 3.8) is 0 Å². The first-order valence-corrected chi connectivity index (χ1v) is 12.2. The molecule has 0 aliphatic carbocycles. The summed E-state index contributed by atoms with van der Waals surface area (Å²) in [5, 5.41) is -3.71. The number of hydrogen-bond donors (Lipinski definition) is 1. The third-order valence-corrected chi connectivity index (χ3v) is 6.32. The van der Waals surface area contributed by atoms with E-state index < -0.39 is 15.3 Å². The van der Waals surface area contributed by atoms with Crippen LogP contribution in [0, 0.1) is 0 Å². The monoisotopic (exact) mass is 397 g/mol. The molecule has 26 heavy (non-hydrogen) atoms. The molecule has 0 fully saturated rings. The Hall–Kier alpha value is -0.230. The Morgan fingerprint density at radius 2 is 0.962 bits per heavy atom. The van der Waals surface area contributed by atoms with Crippen molar-refractivity contribution in [1.29, 1.82) is 0 Å². The highest BCUT2D eigenvalue weighted by Gasteiger charge is 2.38. The summed E-state index contributed by atoms with van der Waals surface area (Å²) >= 11 is 0. The van der Waals surface area contributed by atoms with E-state index in [1.807, 2.05) is 4.72 Å². The Morgan fingerprint density at radius 3 is 1.27 bits per heavy atom. The van der Waals surface area contributed by atoms with E-state index in [-0.39, 0.29) is 6.54 Å². The Morgan fingerprint density at radius 1 is 0.654 bits per heavy atom. The summed E-state index contributed by atoms with van der Waals surface area (Å²) < 4.78 is 49.8. The first-order chi connectivity index (χ1) is 12.3. The van der Waals surface area contributed by atoms with E-state index in [0.717, 1.165) is 19.3 Å². The molecule has 6 heteroatoms. The van der Waals surface area contributed by atoms with Gasteiger partial charge in [0, 0.05) is 13.5 Å². The normalized spacial score (nSPS) is 12.6. The van der Waals surface area contributed by atoms with E-state index >= 15 is 0 Å². The van der Waals surface area contributed by atoms with Gasteiger partial charge < -0.3 is 0 Å². The molecule has 0 amide bonds. The zero-order valence-corrected chi connectivity index (χ0v) is 17.8. The van der Waals surface area contributed by atoms with E-state index in [2.05, 4.69) is 6.92 Å². The zero-order chi connectivity index (χ0) is 19.7. The summed E-state index contributed by atoms with van der Waals surface area (Å²) in [4.78, 5) is 0. The van der Waals surface area contributed by atoms with Crippen molar-refractivity contribution in [2.24, 2.45) is 0 Å². The van der Waals surface area contributed by atoms with Gasteiger partial charge >= 0.3 is 5.25 Å². The molecule has 0 aromatic carbocycles. The third kappa shape index (κ3) is 14.9. The van der Waals surface area contributed by atoms with Gasteiger partial charge in [-0.1, -0.05) is 103 Å². The van der Waals surface area contributed by atoms with Gasteiger partial charge in [0.2, 0.25) is 0 Å². The Bertz CT molecular complexity index is 409. The zero-order valence-electron chi connectivity index (χ0n) is 17.0. The van der Waals surface area contributed by atoms with Crippen LogP contribution in [0.2, 0.25) is 0 Å². The highest BCUT2D eigenvalue weighted by Crippen LogP contribution is 2.19. The molecular weight excluding hydrogens is 356 g/mol. The fourth-order valence-corrected chi connectivity index (χ4v) is 3.67. The molecule has 0 heterocycles. The molecule has 0 saturated heterocycles. The highest BCUT2D eigenvalue weighted by molar-refractivity contribution is 7.90. The van der Waals surface area contributed by atoms with E-state index in [4.69, 9.17) is 0 Å². The van der Waals surface area contributed by atoms with Gasteiger partial charge in [-0.2, -0.15) is 8.78 Å². The average Bonchev–Trinajstić information content (AvgIpc) is 2.56. The van der Waals surface area contributed by atoms with Gasteiger partial charge in [-0.05, 0) is 6.42 Å². The van der Waals surface area contributed by atoms with Crippen LogP contribution in [0.5, 0.6) is 0 Å². The van der Waals surface area contributed by atoms with Crippen molar-refractivity contribution in [2.75, 3.05) is 6.54 Å². The average molecular weight is 398 g/mol. The van der Waals surface area contributed by atoms with E-state index in [1.165, 1.54) is 77.0 Å². The molecule has 0 rings (SSSR count). The van der Waals surface area contributed by atoms with Crippen LogP contribution in [-0.2, 0) is 10.0 Å². The van der Waals surface area contributed by atoms with Crippen LogP contribution in [-0.4, -0.2) is 20.2 Å². The highest BCUT2D eigenvalue weighted by atomic mass is 32.2. The Labute approximate surface area is 160 Å². The number of rotatable bonds is 19. The molecule has 1 N–H and O–H groups in total. The van der Waals surface area contributed by atoms with E-state index in [9.17, 15) is 17.2 Å². The van der Waals surface area contributed by atoms with Gasteiger partial charge in [-0.25, -0.2) is 13.1 Å². The minimum Gasteiger partial charge on any atom is -0.210 e.